The molecule has 1 N–H and O–H groups in total. The fourth-order valence-corrected chi connectivity index (χ4v) is 1.66. The van der Waals surface area contributed by atoms with E-state index < -0.39 is 4.92 Å². The minimum absolute atomic E-state index is 0.104. The maximum absolute atomic E-state index is 11.0. The lowest BCUT2D eigenvalue weighted by Crippen LogP contribution is -2.03. The zero-order valence-electron chi connectivity index (χ0n) is 9.83. The second kappa shape index (κ2) is 5.61. The number of rotatable bonds is 4. The summed E-state index contributed by atoms with van der Waals surface area (Å²) in [5, 5.41) is 13.7. The standard InChI is InChI=1S/C11H9BrN4O3/c1-13-10-9(16(17)18)11(15-6-14-10)19-8-4-2-7(12)3-5-8/h2-6H,1H3,(H,13,14,15). The van der Waals surface area contributed by atoms with E-state index >= 15 is 0 Å². The van der Waals surface area contributed by atoms with Crippen LogP contribution in [-0.2, 0) is 0 Å². The Balaban J connectivity index is 2.39. The third-order valence-electron chi connectivity index (χ3n) is 2.24. The molecule has 0 aliphatic carbocycles. The molecule has 0 amide bonds. The van der Waals surface area contributed by atoms with Gasteiger partial charge in [0, 0.05) is 11.5 Å². The molecule has 0 radical (unpaired) electrons. The molecule has 2 aromatic rings. The van der Waals surface area contributed by atoms with Crippen LogP contribution in [0.25, 0.3) is 0 Å². The normalized spacial score (nSPS) is 10.0. The van der Waals surface area contributed by atoms with Gasteiger partial charge in [-0.05, 0) is 24.3 Å². The molecule has 0 fully saturated rings. The average molecular weight is 325 g/mol. The Hall–Kier alpha value is -2.22. The van der Waals surface area contributed by atoms with Crippen molar-refractivity contribution in [1.82, 2.24) is 9.97 Å². The summed E-state index contributed by atoms with van der Waals surface area (Å²) in [4.78, 5) is 18.0. The highest BCUT2D eigenvalue weighted by Gasteiger charge is 2.24. The lowest BCUT2D eigenvalue weighted by Gasteiger charge is -2.07. The van der Waals surface area contributed by atoms with Crippen LogP contribution in [0.5, 0.6) is 11.6 Å². The smallest absolute Gasteiger partial charge is 0.373 e. The topological polar surface area (TPSA) is 90.2 Å². The van der Waals surface area contributed by atoms with Crippen LogP contribution in [0.3, 0.4) is 0 Å². The molecule has 0 aliphatic rings. The van der Waals surface area contributed by atoms with Crippen molar-refractivity contribution in [2.45, 2.75) is 0 Å². The van der Waals surface area contributed by atoms with Crippen LogP contribution >= 0.6 is 15.9 Å². The third kappa shape index (κ3) is 2.97. The number of halogens is 1. The summed E-state index contributed by atoms with van der Waals surface area (Å²) >= 11 is 3.29. The molecular formula is C11H9BrN4O3. The van der Waals surface area contributed by atoms with E-state index in [0.717, 1.165) is 4.47 Å². The van der Waals surface area contributed by atoms with Gasteiger partial charge in [0.25, 0.3) is 0 Å². The first-order valence-corrected chi connectivity index (χ1v) is 6.01. The summed E-state index contributed by atoms with van der Waals surface area (Å²) in [5.74, 6) is 0.450. The predicted octanol–water partition coefficient (Wildman–Crippen LogP) is 2.98. The maximum atomic E-state index is 11.0. The Labute approximate surface area is 116 Å². The van der Waals surface area contributed by atoms with Gasteiger partial charge in [-0.3, -0.25) is 10.1 Å². The average Bonchev–Trinajstić information content (AvgIpc) is 2.40. The Kier molecular flexibility index (Phi) is 3.91. The van der Waals surface area contributed by atoms with Crippen LogP contribution < -0.4 is 10.1 Å². The molecular weight excluding hydrogens is 316 g/mol. The van der Waals surface area contributed by atoms with E-state index in [4.69, 9.17) is 4.74 Å². The molecule has 1 aromatic carbocycles. The molecule has 0 saturated carbocycles. The van der Waals surface area contributed by atoms with E-state index in [9.17, 15) is 10.1 Å². The summed E-state index contributed by atoms with van der Waals surface area (Å²) in [5.41, 5.74) is -0.298. The molecule has 98 valence electrons. The van der Waals surface area contributed by atoms with E-state index in [1.807, 2.05) is 0 Å². The molecule has 2 rings (SSSR count). The predicted molar refractivity (Wildman–Crippen MR) is 72.4 cm³/mol. The van der Waals surface area contributed by atoms with Crippen LogP contribution in [0, 0.1) is 10.1 Å². The molecule has 0 saturated heterocycles. The largest absolute Gasteiger partial charge is 0.434 e. The summed E-state index contributed by atoms with van der Waals surface area (Å²) in [6, 6.07) is 6.88. The van der Waals surface area contributed by atoms with Gasteiger partial charge in [0.1, 0.15) is 12.1 Å². The Morgan fingerprint density at radius 1 is 1.32 bits per heavy atom. The Bertz CT molecular complexity index is 603. The van der Waals surface area contributed by atoms with E-state index in [-0.39, 0.29) is 17.4 Å². The third-order valence-corrected chi connectivity index (χ3v) is 2.76. The van der Waals surface area contributed by atoms with Crippen molar-refractivity contribution in [2.24, 2.45) is 0 Å². The van der Waals surface area contributed by atoms with Crippen LogP contribution in [0.4, 0.5) is 11.5 Å². The summed E-state index contributed by atoms with van der Waals surface area (Å²) in [6.45, 7) is 0. The molecule has 19 heavy (non-hydrogen) atoms. The van der Waals surface area contributed by atoms with E-state index in [1.165, 1.54) is 6.33 Å². The zero-order valence-corrected chi connectivity index (χ0v) is 11.4. The first-order valence-electron chi connectivity index (χ1n) is 5.22. The first-order chi connectivity index (χ1) is 9.11. The van der Waals surface area contributed by atoms with Gasteiger partial charge < -0.3 is 10.1 Å². The van der Waals surface area contributed by atoms with Gasteiger partial charge in [0.2, 0.25) is 5.82 Å². The summed E-state index contributed by atoms with van der Waals surface area (Å²) in [7, 11) is 1.54. The SMILES string of the molecule is CNc1ncnc(Oc2ccc(Br)cc2)c1[N+](=O)[O-]. The van der Waals surface area contributed by atoms with Gasteiger partial charge in [-0.1, -0.05) is 15.9 Å². The minimum Gasteiger partial charge on any atom is -0.434 e. The number of anilines is 1. The monoisotopic (exact) mass is 324 g/mol. The molecule has 0 aliphatic heterocycles. The maximum Gasteiger partial charge on any atom is 0.373 e. The molecule has 0 bridgehead atoms. The number of benzene rings is 1. The number of nitrogens with zero attached hydrogens (tertiary/aromatic N) is 3. The van der Waals surface area contributed by atoms with E-state index in [2.05, 4.69) is 31.2 Å². The zero-order chi connectivity index (χ0) is 13.8. The lowest BCUT2D eigenvalue weighted by atomic mass is 10.3. The van der Waals surface area contributed by atoms with Crippen molar-refractivity contribution in [3.63, 3.8) is 0 Å². The van der Waals surface area contributed by atoms with Gasteiger partial charge >= 0.3 is 11.6 Å². The van der Waals surface area contributed by atoms with Crippen LogP contribution in [0.1, 0.15) is 0 Å². The van der Waals surface area contributed by atoms with Crippen LogP contribution in [0.2, 0.25) is 0 Å². The van der Waals surface area contributed by atoms with Crippen molar-refractivity contribution >= 4 is 27.4 Å². The van der Waals surface area contributed by atoms with Crippen LogP contribution in [0.15, 0.2) is 35.1 Å². The minimum atomic E-state index is -0.583. The number of ether oxygens (including phenoxy) is 1. The van der Waals surface area contributed by atoms with Gasteiger partial charge in [-0.25, -0.2) is 4.98 Å². The molecule has 0 spiro atoms. The molecule has 1 heterocycles. The van der Waals surface area contributed by atoms with E-state index in [0.29, 0.717) is 5.75 Å². The van der Waals surface area contributed by atoms with Gasteiger partial charge in [0.15, 0.2) is 0 Å². The Morgan fingerprint density at radius 2 is 2.00 bits per heavy atom. The second-order valence-corrected chi connectivity index (χ2v) is 4.35. The Morgan fingerprint density at radius 3 is 2.58 bits per heavy atom. The molecule has 0 atom stereocenters. The fraction of sp³-hybridized carbons (Fsp3) is 0.0909. The number of hydrogen-bond donors (Lipinski definition) is 1. The van der Waals surface area contributed by atoms with Crippen LogP contribution in [-0.4, -0.2) is 21.9 Å². The molecule has 0 unspecified atom stereocenters. The van der Waals surface area contributed by atoms with Crippen molar-refractivity contribution in [2.75, 3.05) is 12.4 Å². The van der Waals surface area contributed by atoms with Crippen molar-refractivity contribution in [3.8, 4) is 11.6 Å². The van der Waals surface area contributed by atoms with Gasteiger partial charge in [-0.2, -0.15) is 4.98 Å². The van der Waals surface area contributed by atoms with Gasteiger partial charge in [-0.15, -0.1) is 0 Å². The summed E-state index contributed by atoms with van der Waals surface area (Å²) in [6.07, 6.45) is 1.20. The van der Waals surface area contributed by atoms with E-state index in [1.54, 1.807) is 31.3 Å². The highest BCUT2D eigenvalue weighted by atomic mass is 79.9. The number of nitro groups is 1. The number of aromatic nitrogens is 2. The van der Waals surface area contributed by atoms with Crippen molar-refractivity contribution < 1.29 is 9.66 Å². The fourth-order valence-electron chi connectivity index (χ4n) is 1.40. The molecule has 1 aromatic heterocycles. The number of hydrogen-bond acceptors (Lipinski definition) is 6. The highest BCUT2D eigenvalue weighted by molar-refractivity contribution is 9.10. The molecule has 8 heteroatoms. The quantitative estimate of drug-likeness (QED) is 0.686. The molecule has 7 nitrogen and oxygen atoms in total. The summed E-state index contributed by atoms with van der Waals surface area (Å²) < 4.78 is 6.30. The first kappa shape index (κ1) is 13.2. The van der Waals surface area contributed by atoms with Crippen molar-refractivity contribution in [1.29, 1.82) is 0 Å². The highest BCUT2D eigenvalue weighted by Crippen LogP contribution is 2.33. The number of nitrogens with one attached hydrogen (secondary N) is 1. The second-order valence-electron chi connectivity index (χ2n) is 3.44. The van der Waals surface area contributed by atoms with Crippen molar-refractivity contribution in [3.05, 3.63) is 45.2 Å². The lowest BCUT2D eigenvalue weighted by molar-refractivity contribution is -0.385. The van der Waals surface area contributed by atoms with Gasteiger partial charge in [0.05, 0.1) is 4.92 Å².